The molecule has 1 saturated heterocycles. The largest absolute Gasteiger partial charge is 0.481 e. The van der Waals surface area contributed by atoms with Crippen LogP contribution in [0.25, 0.3) is 0 Å². The lowest BCUT2D eigenvalue weighted by Gasteiger charge is -2.40. The van der Waals surface area contributed by atoms with Gasteiger partial charge in [0.05, 0.1) is 12.0 Å². The van der Waals surface area contributed by atoms with E-state index in [-0.39, 0.29) is 5.91 Å². The molecule has 1 aromatic rings. The molecule has 114 valence electrons. The first kappa shape index (κ1) is 15.4. The van der Waals surface area contributed by atoms with Crippen LogP contribution in [-0.4, -0.2) is 59.0 Å². The SMILES string of the molecule is CN(C)CCN1C(=O)CCC(C(=O)O)C1c1cccnc1. The molecule has 1 aromatic heterocycles. The van der Waals surface area contributed by atoms with Crippen molar-refractivity contribution < 1.29 is 14.7 Å². The van der Waals surface area contributed by atoms with E-state index in [1.54, 1.807) is 23.4 Å². The summed E-state index contributed by atoms with van der Waals surface area (Å²) >= 11 is 0. The van der Waals surface area contributed by atoms with Gasteiger partial charge in [-0.05, 0) is 32.1 Å². The first-order chi connectivity index (χ1) is 10.0. The van der Waals surface area contributed by atoms with E-state index in [1.807, 2.05) is 25.1 Å². The minimum absolute atomic E-state index is 0.0169. The lowest BCUT2D eigenvalue weighted by Crippen LogP contribution is -2.47. The first-order valence-corrected chi connectivity index (χ1v) is 7.07. The maximum absolute atomic E-state index is 12.3. The first-order valence-electron chi connectivity index (χ1n) is 7.07. The highest BCUT2D eigenvalue weighted by atomic mass is 16.4. The number of hydrogen-bond donors (Lipinski definition) is 1. The molecule has 2 unspecified atom stereocenters. The highest BCUT2D eigenvalue weighted by molar-refractivity contribution is 5.81. The zero-order valence-corrected chi connectivity index (χ0v) is 12.4. The molecule has 6 nitrogen and oxygen atoms in total. The zero-order valence-electron chi connectivity index (χ0n) is 12.4. The number of hydrogen-bond acceptors (Lipinski definition) is 4. The van der Waals surface area contributed by atoms with E-state index in [9.17, 15) is 14.7 Å². The summed E-state index contributed by atoms with van der Waals surface area (Å²) in [5.41, 5.74) is 0.789. The summed E-state index contributed by atoms with van der Waals surface area (Å²) in [7, 11) is 3.87. The zero-order chi connectivity index (χ0) is 15.4. The Labute approximate surface area is 124 Å². The molecule has 0 saturated carbocycles. The van der Waals surface area contributed by atoms with E-state index in [4.69, 9.17) is 0 Å². The molecule has 1 amide bonds. The van der Waals surface area contributed by atoms with Crippen LogP contribution in [0.4, 0.5) is 0 Å². The second-order valence-electron chi connectivity index (χ2n) is 5.61. The van der Waals surface area contributed by atoms with Gasteiger partial charge in [-0.1, -0.05) is 6.07 Å². The number of piperidine rings is 1. The quantitative estimate of drug-likeness (QED) is 0.876. The number of likely N-dealkylation sites (N-methyl/N-ethyl adjacent to an activating group) is 1. The molecule has 0 aliphatic carbocycles. The molecule has 2 heterocycles. The van der Waals surface area contributed by atoms with Gasteiger partial charge in [-0.3, -0.25) is 14.6 Å². The number of carbonyl (C=O) groups excluding carboxylic acids is 1. The van der Waals surface area contributed by atoms with Crippen LogP contribution in [0, 0.1) is 5.92 Å². The third-order valence-corrected chi connectivity index (χ3v) is 3.84. The van der Waals surface area contributed by atoms with Crippen LogP contribution in [0.15, 0.2) is 24.5 Å². The number of amides is 1. The van der Waals surface area contributed by atoms with Crippen molar-refractivity contribution in [3.8, 4) is 0 Å². The number of aromatic nitrogens is 1. The molecule has 0 aromatic carbocycles. The van der Waals surface area contributed by atoms with E-state index in [2.05, 4.69) is 4.98 Å². The van der Waals surface area contributed by atoms with Crippen LogP contribution in [0.3, 0.4) is 0 Å². The molecule has 0 spiro atoms. The Bertz CT molecular complexity index is 504. The maximum Gasteiger partial charge on any atom is 0.308 e. The van der Waals surface area contributed by atoms with Gasteiger partial charge in [0.25, 0.3) is 0 Å². The Hall–Kier alpha value is -1.95. The third kappa shape index (κ3) is 3.58. The van der Waals surface area contributed by atoms with Gasteiger partial charge in [-0.15, -0.1) is 0 Å². The Balaban J connectivity index is 2.32. The Morgan fingerprint density at radius 1 is 1.52 bits per heavy atom. The van der Waals surface area contributed by atoms with Crippen LogP contribution >= 0.6 is 0 Å². The van der Waals surface area contributed by atoms with Crippen LogP contribution in [0.5, 0.6) is 0 Å². The molecule has 2 atom stereocenters. The van der Waals surface area contributed by atoms with Crippen molar-refractivity contribution in [1.82, 2.24) is 14.8 Å². The van der Waals surface area contributed by atoms with Crippen molar-refractivity contribution >= 4 is 11.9 Å². The van der Waals surface area contributed by atoms with Gasteiger partial charge < -0.3 is 14.9 Å². The fraction of sp³-hybridized carbons (Fsp3) is 0.533. The topological polar surface area (TPSA) is 73.7 Å². The van der Waals surface area contributed by atoms with Crippen LogP contribution < -0.4 is 0 Å². The van der Waals surface area contributed by atoms with Crippen molar-refractivity contribution in [2.45, 2.75) is 18.9 Å². The summed E-state index contributed by atoms with van der Waals surface area (Å²) in [5, 5.41) is 9.48. The van der Waals surface area contributed by atoms with Gasteiger partial charge in [0.1, 0.15) is 0 Å². The van der Waals surface area contributed by atoms with Crippen molar-refractivity contribution in [3.63, 3.8) is 0 Å². The predicted octanol–water partition coefficient (Wildman–Crippen LogP) is 1.01. The Kier molecular flexibility index (Phi) is 4.90. The molecular formula is C15H21N3O3. The van der Waals surface area contributed by atoms with Crippen LogP contribution in [-0.2, 0) is 9.59 Å². The monoisotopic (exact) mass is 291 g/mol. The number of rotatable bonds is 5. The molecule has 6 heteroatoms. The summed E-state index contributed by atoms with van der Waals surface area (Å²) in [5.74, 6) is -1.41. The number of likely N-dealkylation sites (tertiary alicyclic amines) is 1. The van der Waals surface area contributed by atoms with Crippen LogP contribution in [0.1, 0.15) is 24.4 Å². The Morgan fingerprint density at radius 2 is 2.29 bits per heavy atom. The van der Waals surface area contributed by atoms with E-state index >= 15 is 0 Å². The highest BCUT2D eigenvalue weighted by Gasteiger charge is 2.40. The van der Waals surface area contributed by atoms with Crippen molar-refractivity contribution in [3.05, 3.63) is 30.1 Å². The summed E-state index contributed by atoms with van der Waals surface area (Å²) < 4.78 is 0. The minimum Gasteiger partial charge on any atom is -0.481 e. The van der Waals surface area contributed by atoms with E-state index < -0.39 is 17.9 Å². The summed E-state index contributed by atoms with van der Waals surface area (Å²) in [6.07, 6.45) is 3.98. The number of carboxylic acids is 1. The van der Waals surface area contributed by atoms with Gasteiger partial charge in [0.2, 0.25) is 5.91 Å². The fourth-order valence-electron chi connectivity index (χ4n) is 2.75. The van der Waals surface area contributed by atoms with Gasteiger partial charge in [-0.2, -0.15) is 0 Å². The van der Waals surface area contributed by atoms with Crippen molar-refractivity contribution in [2.75, 3.05) is 27.2 Å². The minimum atomic E-state index is -0.855. The van der Waals surface area contributed by atoms with E-state index in [1.165, 1.54) is 0 Å². The summed E-state index contributed by atoms with van der Waals surface area (Å²) in [6.45, 7) is 1.23. The fourth-order valence-corrected chi connectivity index (χ4v) is 2.75. The molecule has 1 aliphatic rings. The van der Waals surface area contributed by atoms with E-state index in [0.717, 1.165) is 5.56 Å². The molecule has 1 fully saturated rings. The average molecular weight is 291 g/mol. The maximum atomic E-state index is 12.3. The number of carbonyl (C=O) groups is 2. The summed E-state index contributed by atoms with van der Waals surface area (Å²) in [4.78, 5) is 31.6. The third-order valence-electron chi connectivity index (χ3n) is 3.84. The van der Waals surface area contributed by atoms with Gasteiger partial charge >= 0.3 is 5.97 Å². The molecule has 21 heavy (non-hydrogen) atoms. The Morgan fingerprint density at radius 3 is 2.86 bits per heavy atom. The molecular weight excluding hydrogens is 270 g/mol. The second-order valence-corrected chi connectivity index (χ2v) is 5.61. The average Bonchev–Trinajstić information content (AvgIpc) is 2.46. The molecule has 2 rings (SSSR count). The molecule has 0 bridgehead atoms. The van der Waals surface area contributed by atoms with E-state index in [0.29, 0.717) is 25.9 Å². The lowest BCUT2D eigenvalue weighted by atomic mass is 9.85. The summed E-state index contributed by atoms with van der Waals surface area (Å²) in [6, 6.07) is 3.18. The van der Waals surface area contributed by atoms with Gasteiger partial charge in [0, 0.05) is 31.9 Å². The number of carboxylic acid groups (broad SMARTS) is 1. The number of aliphatic carboxylic acids is 1. The van der Waals surface area contributed by atoms with Crippen molar-refractivity contribution in [2.24, 2.45) is 5.92 Å². The van der Waals surface area contributed by atoms with Crippen molar-refractivity contribution in [1.29, 1.82) is 0 Å². The molecule has 1 N–H and O–H groups in total. The van der Waals surface area contributed by atoms with Crippen LogP contribution in [0.2, 0.25) is 0 Å². The standard InChI is InChI=1S/C15H21N3O3/c1-17(2)8-9-18-13(19)6-5-12(15(20)21)14(18)11-4-3-7-16-10-11/h3-4,7,10,12,14H,5-6,8-9H2,1-2H3,(H,20,21). The number of pyridine rings is 1. The molecule has 1 aliphatic heterocycles. The molecule has 0 radical (unpaired) electrons. The number of nitrogens with zero attached hydrogens (tertiary/aromatic N) is 3. The lowest BCUT2D eigenvalue weighted by molar-refractivity contribution is -0.152. The smallest absolute Gasteiger partial charge is 0.308 e. The van der Waals surface area contributed by atoms with Gasteiger partial charge in [-0.25, -0.2) is 0 Å². The predicted molar refractivity (Wildman–Crippen MR) is 77.6 cm³/mol. The van der Waals surface area contributed by atoms with Gasteiger partial charge in [0.15, 0.2) is 0 Å². The highest BCUT2D eigenvalue weighted by Crippen LogP contribution is 2.36. The second kappa shape index (κ2) is 6.67. The normalized spacial score (nSPS) is 22.6.